The lowest BCUT2D eigenvalue weighted by atomic mass is 9.85. The Hall–Kier alpha value is -2.87. The zero-order valence-electron chi connectivity index (χ0n) is 16.6. The third-order valence-electron chi connectivity index (χ3n) is 5.58. The molecule has 156 valence electrons. The molecule has 2 aliphatic rings. The molecule has 0 radical (unpaired) electrons. The average Bonchev–Trinajstić information content (AvgIpc) is 3.26. The molecule has 1 aromatic heterocycles. The summed E-state index contributed by atoms with van der Waals surface area (Å²) in [6, 6.07) is 5.11. The van der Waals surface area contributed by atoms with E-state index < -0.39 is 0 Å². The number of halogens is 1. The van der Waals surface area contributed by atoms with Crippen molar-refractivity contribution in [1.82, 2.24) is 9.88 Å². The number of carbonyl (C=O) groups is 3. The molecule has 8 heteroatoms. The maximum Gasteiger partial charge on any atom is 0.233 e. The summed E-state index contributed by atoms with van der Waals surface area (Å²) in [4.78, 5) is 43.5. The summed E-state index contributed by atoms with van der Waals surface area (Å²) < 4.78 is 13.7. The molecule has 4 rings (SSSR count). The Morgan fingerprint density at radius 1 is 1.23 bits per heavy atom. The summed E-state index contributed by atoms with van der Waals surface area (Å²) >= 11 is 1.32. The summed E-state index contributed by atoms with van der Waals surface area (Å²) in [5, 5.41) is 3.16. The number of nitrogens with one attached hydrogen (secondary N) is 1. The van der Waals surface area contributed by atoms with E-state index in [1.54, 1.807) is 19.2 Å². The van der Waals surface area contributed by atoms with E-state index in [9.17, 15) is 18.8 Å². The number of amides is 3. The van der Waals surface area contributed by atoms with Crippen molar-refractivity contribution >= 4 is 34.2 Å². The third kappa shape index (κ3) is 4.18. The quantitative estimate of drug-likeness (QED) is 0.566. The zero-order chi connectivity index (χ0) is 21.3. The Bertz CT molecular complexity index is 1010. The van der Waals surface area contributed by atoms with E-state index >= 15 is 0 Å². The van der Waals surface area contributed by atoms with Crippen molar-refractivity contribution in [3.05, 3.63) is 58.4 Å². The molecule has 2 atom stereocenters. The molecule has 1 fully saturated rings. The molecule has 1 aromatic carbocycles. The molecular formula is C22H22FN3O3S. The second-order valence-electron chi connectivity index (χ2n) is 7.67. The first-order valence-electron chi connectivity index (χ1n) is 9.92. The van der Waals surface area contributed by atoms with Crippen molar-refractivity contribution in [2.24, 2.45) is 11.8 Å². The van der Waals surface area contributed by atoms with Gasteiger partial charge in [-0.15, -0.1) is 11.3 Å². The van der Waals surface area contributed by atoms with Gasteiger partial charge in [-0.2, -0.15) is 0 Å². The molecular weight excluding hydrogens is 405 g/mol. The number of anilines is 1. The maximum atomic E-state index is 13.7. The van der Waals surface area contributed by atoms with E-state index in [0.717, 1.165) is 10.4 Å². The van der Waals surface area contributed by atoms with Gasteiger partial charge in [0.2, 0.25) is 17.7 Å². The normalized spacial score (nSPS) is 20.5. The Labute approximate surface area is 177 Å². The fourth-order valence-corrected chi connectivity index (χ4v) is 4.74. The van der Waals surface area contributed by atoms with Gasteiger partial charge in [-0.3, -0.25) is 19.3 Å². The van der Waals surface area contributed by atoms with E-state index in [1.807, 2.05) is 18.2 Å². The molecule has 2 heterocycles. The number of nitrogens with zero attached hydrogens (tertiary/aromatic N) is 2. The van der Waals surface area contributed by atoms with Gasteiger partial charge in [0.15, 0.2) is 5.13 Å². The monoisotopic (exact) mass is 427 g/mol. The highest BCUT2D eigenvalue weighted by molar-refractivity contribution is 7.15. The molecule has 1 N–H and O–H groups in total. The largest absolute Gasteiger partial charge is 0.302 e. The zero-order valence-corrected chi connectivity index (χ0v) is 17.4. The van der Waals surface area contributed by atoms with Gasteiger partial charge >= 0.3 is 0 Å². The number of hydrogen-bond acceptors (Lipinski definition) is 5. The SMILES string of the molecule is Cc1ccc(Cc2cnc(NC(=O)CCN3C(=O)[C@H]4CC=CC[C@H]4C3=O)s2)cc1F. The Kier molecular flexibility index (Phi) is 5.76. The molecule has 2 aromatic rings. The molecule has 0 spiro atoms. The van der Waals surface area contributed by atoms with Gasteiger partial charge in [-0.1, -0.05) is 24.3 Å². The molecule has 6 nitrogen and oxygen atoms in total. The van der Waals surface area contributed by atoms with E-state index in [0.29, 0.717) is 30.0 Å². The van der Waals surface area contributed by atoms with Crippen LogP contribution in [0.15, 0.2) is 36.5 Å². The lowest BCUT2D eigenvalue weighted by Gasteiger charge is -2.14. The minimum absolute atomic E-state index is 0.0302. The number of aromatic nitrogens is 1. The van der Waals surface area contributed by atoms with Crippen LogP contribution >= 0.6 is 11.3 Å². The molecule has 0 saturated carbocycles. The van der Waals surface area contributed by atoms with Crippen molar-refractivity contribution in [1.29, 1.82) is 0 Å². The van der Waals surface area contributed by atoms with Crippen LogP contribution in [0.1, 0.15) is 35.3 Å². The minimum atomic E-state index is -0.300. The molecule has 3 amide bonds. The molecule has 1 saturated heterocycles. The summed E-state index contributed by atoms with van der Waals surface area (Å²) in [6.45, 7) is 1.80. The van der Waals surface area contributed by atoms with Crippen molar-refractivity contribution < 1.29 is 18.8 Å². The second-order valence-corrected chi connectivity index (χ2v) is 8.79. The Balaban J connectivity index is 1.30. The first kappa shape index (κ1) is 20.4. The maximum absolute atomic E-state index is 13.7. The summed E-state index contributed by atoms with van der Waals surface area (Å²) in [5.41, 5.74) is 1.43. The number of allylic oxidation sites excluding steroid dienone is 2. The summed E-state index contributed by atoms with van der Waals surface area (Å²) in [5.74, 6) is -1.46. The van der Waals surface area contributed by atoms with Crippen LogP contribution < -0.4 is 5.32 Å². The van der Waals surface area contributed by atoms with Crippen LogP contribution in [0, 0.1) is 24.6 Å². The average molecular weight is 428 g/mol. The molecule has 0 bridgehead atoms. The first-order chi connectivity index (χ1) is 14.4. The summed E-state index contributed by atoms with van der Waals surface area (Å²) in [6.07, 6.45) is 7.26. The Morgan fingerprint density at radius 3 is 2.60 bits per heavy atom. The highest BCUT2D eigenvalue weighted by Gasteiger charge is 2.46. The number of rotatable bonds is 6. The minimum Gasteiger partial charge on any atom is -0.302 e. The number of carbonyl (C=O) groups excluding carboxylic acids is 3. The second kappa shape index (κ2) is 8.47. The highest BCUT2D eigenvalue weighted by atomic mass is 32.1. The van der Waals surface area contributed by atoms with Gasteiger partial charge in [0.25, 0.3) is 0 Å². The summed E-state index contributed by atoms with van der Waals surface area (Å²) in [7, 11) is 0. The van der Waals surface area contributed by atoms with Crippen LogP contribution in [-0.2, 0) is 20.8 Å². The van der Waals surface area contributed by atoms with E-state index in [-0.39, 0.29) is 48.3 Å². The van der Waals surface area contributed by atoms with Crippen LogP contribution in [0.3, 0.4) is 0 Å². The number of aryl methyl sites for hydroxylation is 1. The van der Waals surface area contributed by atoms with Crippen molar-refractivity contribution in [3.8, 4) is 0 Å². The van der Waals surface area contributed by atoms with Gasteiger partial charge in [-0.25, -0.2) is 9.37 Å². The lowest BCUT2D eigenvalue weighted by molar-refractivity contribution is -0.140. The number of likely N-dealkylation sites (tertiary alicyclic amines) is 1. The third-order valence-corrected chi connectivity index (χ3v) is 6.49. The lowest BCUT2D eigenvalue weighted by Crippen LogP contribution is -2.34. The number of fused-ring (bicyclic) bond motifs is 1. The van der Waals surface area contributed by atoms with Gasteiger partial charge in [0.1, 0.15) is 5.82 Å². The van der Waals surface area contributed by atoms with Crippen LogP contribution in [0.5, 0.6) is 0 Å². The van der Waals surface area contributed by atoms with Crippen molar-refractivity contribution in [2.45, 2.75) is 32.6 Å². The number of imide groups is 1. The number of benzene rings is 1. The fourth-order valence-electron chi connectivity index (χ4n) is 3.88. The topological polar surface area (TPSA) is 79.4 Å². The van der Waals surface area contributed by atoms with E-state index in [1.165, 1.54) is 22.3 Å². The molecule has 1 aliphatic carbocycles. The first-order valence-corrected chi connectivity index (χ1v) is 10.7. The molecule has 30 heavy (non-hydrogen) atoms. The molecule has 0 unspecified atom stereocenters. The predicted octanol–water partition coefficient (Wildman–Crippen LogP) is 3.46. The van der Waals surface area contributed by atoms with E-state index in [2.05, 4.69) is 10.3 Å². The van der Waals surface area contributed by atoms with Crippen LogP contribution in [0.4, 0.5) is 9.52 Å². The van der Waals surface area contributed by atoms with Crippen LogP contribution in [-0.4, -0.2) is 34.2 Å². The fraction of sp³-hybridized carbons (Fsp3) is 0.364. The van der Waals surface area contributed by atoms with Gasteiger partial charge < -0.3 is 5.32 Å². The molecule has 1 aliphatic heterocycles. The standard InChI is InChI=1S/C22H22FN3O3S/c1-13-6-7-14(11-18(13)23)10-15-12-24-22(30-15)25-19(27)8-9-26-20(28)16-4-2-3-5-17(16)21(26)29/h2-3,6-7,11-12,16-17H,4-5,8-10H2,1H3,(H,24,25,27)/t16-,17+. The van der Waals surface area contributed by atoms with Crippen molar-refractivity contribution in [2.75, 3.05) is 11.9 Å². The number of hydrogen-bond donors (Lipinski definition) is 1. The predicted molar refractivity (Wildman–Crippen MR) is 111 cm³/mol. The van der Waals surface area contributed by atoms with Crippen LogP contribution in [0.25, 0.3) is 0 Å². The highest BCUT2D eigenvalue weighted by Crippen LogP contribution is 2.35. The number of thiazole rings is 1. The van der Waals surface area contributed by atoms with E-state index in [4.69, 9.17) is 0 Å². The van der Waals surface area contributed by atoms with Crippen LogP contribution in [0.2, 0.25) is 0 Å². The smallest absolute Gasteiger partial charge is 0.233 e. The van der Waals surface area contributed by atoms with Gasteiger partial charge in [0, 0.05) is 30.5 Å². The van der Waals surface area contributed by atoms with Gasteiger partial charge in [0.05, 0.1) is 11.8 Å². The van der Waals surface area contributed by atoms with Crippen molar-refractivity contribution in [3.63, 3.8) is 0 Å². The van der Waals surface area contributed by atoms with Gasteiger partial charge in [-0.05, 0) is 37.0 Å². The Morgan fingerprint density at radius 2 is 1.93 bits per heavy atom.